The Bertz CT molecular complexity index is 403. The Morgan fingerprint density at radius 2 is 2.25 bits per heavy atom. The van der Waals surface area contributed by atoms with Gasteiger partial charge in [-0.2, -0.15) is 0 Å². The molecule has 0 amide bonds. The van der Waals surface area contributed by atoms with E-state index in [1.807, 2.05) is 13.8 Å². The SMILES string of the molecule is Cc1cnc(C)c(N[C@@H]2C=C[C@H](CO)C2)n1. The summed E-state index contributed by atoms with van der Waals surface area (Å²) in [6, 6.07) is 0.256. The van der Waals surface area contributed by atoms with Gasteiger partial charge in [0.25, 0.3) is 0 Å². The molecule has 1 heterocycles. The summed E-state index contributed by atoms with van der Waals surface area (Å²) in [6.45, 7) is 4.09. The van der Waals surface area contributed by atoms with Gasteiger partial charge in [-0.1, -0.05) is 12.2 Å². The van der Waals surface area contributed by atoms with E-state index in [0.29, 0.717) is 0 Å². The van der Waals surface area contributed by atoms with Crippen molar-refractivity contribution in [2.24, 2.45) is 5.92 Å². The predicted octanol–water partition coefficient (Wildman–Crippen LogP) is 1.44. The van der Waals surface area contributed by atoms with E-state index in [0.717, 1.165) is 23.6 Å². The van der Waals surface area contributed by atoms with E-state index < -0.39 is 0 Å². The van der Waals surface area contributed by atoms with E-state index in [4.69, 9.17) is 5.11 Å². The molecule has 0 aromatic carbocycles. The molecule has 86 valence electrons. The van der Waals surface area contributed by atoms with E-state index in [2.05, 4.69) is 27.4 Å². The molecule has 1 aliphatic rings. The van der Waals surface area contributed by atoms with Crippen molar-refractivity contribution in [3.8, 4) is 0 Å². The Kier molecular flexibility index (Phi) is 3.19. The van der Waals surface area contributed by atoms with Gasteiger partial charge in [0.15, 0.2) is 0 Å². The first kappa shape index (κ1) is 11.1. The minimum Gasteiger partial charge on any atom is -0.396 e. The second-order valence-corrected chi connectivity index (χ2v) is 4.26. The first-order valence-electron chi connectivity index (χ1n) is 5.55. The van der Waals surface area contributed by atoms with Crippen LogP contribution in [0.5, 0.6) is 0 Å². The minimum absolute atomic E-state index is 0.215. The van der Waals surface area contributed by atoms with Crippen LogP contribution >= 0.6 is 0 Å². The van der Waals surface area contributed by atoms with Crippen LogP contribution in [0.1, 0.15) is 17.8 Å². The maximum absolute atomic E-state index is 9.04. The molecule has 2 N–H and O–H groups in total. The van der Waals surface area contributed by atoms with Gasteiger partial charge in [-0.3, -0.25) is 4.98 Å². The molecule has 0 bridgehead atoms. The Balaban J connectivity index is 2.05. The highest BCUT2D eigenvalue weighted by atomic mass is 16.3. The summed E-state index contributed by atoms with van der Waals surface area (Å²) in [5, 5.41) is 12.4. The zero-order chi connectivity index (χ0) is 11.5. The van der Waals surface area contributed by atoms with Gasteiger partial charge in [-0.05, 0) is 20.3 Å². The number of aryl methyl sites for hydroxylation is 2. The second-order valence-electron chi connectivity index (χ2n) is 4.26. The van der Waals surface area contributed by atoms with Gasteiger partial charge >= 0.3 is 0 Å². The number of nitrogens with zero attached hydrogens (tertiary/aromatic N) is 2. The van der Waals surface area contributed by atoms with Crippen molar-refractivity contribution in [1.82, 2.24) is 9.97 Å². The number of hydrogen-bond donors (Lipinski definition) is 2. The topological polar surface area (TPSA) is 58.0 Å². The van der Waals surface area contributed by atoms with Crippen LogP contribution in [0.25, 0.3) is 0 Å². The third kappa shape index (κ3) is 2.39. The van der Waals surface area contributed by atoms with Gasteiger partial charge in [0.05, 0.1) is 11.4 Å². The summed E-state index contributed by atoms with van der Waals surface area (Å²) in [6.07, 6.45) is 6.83. The van der Waals surface area contributed by atoms with Crippen LogP contribution in [0.4, 0.5) is 5.82 Å². The van der Waals surface area contributed by atoms with Gasteiger partial charge in [-0.15, -0.1) is 0 Å². The molecular formula is C12H17N3O. The molecule has 0 saturated carbocycles. The molecule has 0 aliphatic heterocycles. The Hall–Kier alpha value is -1.42. The number of aliphatic hydroxyl groups is 1. The molecule has 0 spiro atoms. The number of hydrogen-bond acceptors (Lipinski definition) is 4. The smallest absolute Gasteiger partial charge is 0.148 e. The minimum atomic E-state index is 0.215. The Labute approximate surface area is 95.4 Å². The van der Waals surface area contributed by atoms with Crippen molar-refractivity contribution < 1.29 is 5.11 Å². The lowest BCUT2D eigenvalue weighted by molar-refractivity contribution is 0.250. The summed E-state index contributed by atoms with van der Waals surface area (Å²) < 4.78 is 0. The fourth-order valence-electron chi connectivity index (χ4n) is 1.87. The largest absolute Gasteiger partial charge is 0.396 e. The molecule has 4 nitrogen and oxygen atoms in total. The quantitative estimate of drug-likeness (QED) is 0.755. The van der Waals surface area contributed by atoms with E-state index in [-0.39, 0.29) is 18.6 Å². The molecule has 16 heavy (non-hydrogen) atoms. The van der Waals surface area contributed by atoms with Crippen LogP contribution in [0.3, 0.4) is 0 Å². The molecule has 0 unspecified atom stereocenters. The summed E-state index contributed by atoms with van der Waals surface area (Å²) in [7, 11) is 0. The number of anilines is 1. The third-order valence-electron chi connectivity index (χ3n) is 2.80. The molecular weight excluding hydrogens is 202 g/mol. The highest BCUT2D eigenvalue weighted by Gasteiger charge is 2.18. The second kappa shape index (κ2) is 4.61. The highest BCUT2D eigenvalue weighted by Crippen LogP contribution is 2.21. The first-order valence-corrected chi connectivity index (χ1v) is 5.55. The van der Waals surface area contributed by atoms with Crippen molar-refractivity contribution >= 4 is 5.82 Å². The van der Waals surface area contributed by atoms with Crippen LogP contribution in [0.2, 0.25) is 0 Å². The van der Waals surface area contributed by atoms with Gasteiger partial charge < -0.3 is 10.4 Å². The Morgan fingerprint density at radius 1 is 1.44 bits per heavy atom. The van der Waals surface area contributed by atoms with Crippen molar-refractivity contribution in [1.29, 1.82) is 0 Å². The normalized spacial score (nSPS) is 23.7. The maximum atomic E-state index is 9.04. The number of rotatable bonds is 3. The van der Waals surface area contributed by atoms with Crippen LogP contribution < -0.4 is 5.32 Å². The van der Waals surface area contributed by atoms with Gasteiger partial charge in [-0.25, -0.2) is 4.98 Å². The highest BCUT2D eigenvalue weighted by molar-refractivity contribution is 5.42. The summed E-state index contributed by atoms with van der Waals surface area (Å²) in [5.41, 5.74) is 1.82. The van der Waals surface area contributed by atoms with Gasteiger partial charge in [0.1, 0.15) is 5.82 Å². The molecule has 2 atom stereocenters. The fraction of sp³-hybridized carbons (Fsp3) is 0.500. The summed E-state index contributed by atoms with van der Waals surface area (Å²) in [4.78, 5) is 8.68. The maximum Gasteiger partial charge on any atom is 0.148 e. The molecule has 1 aliphatic carbocycles. The van der Waals surface area contributed by atoms with E-state index in [9.17, 15) is 0 Å². The number of aliphatic hydroxyl groups excluding tert-OH is 1. The van der Waals surface area contributed by atoms with E-state index >= 15 is 0 Å². The molecule has 1 aromatic rings. The van der Waals surface area contributed by atoms with E-state index in [1.165, 1.54) is 0 Å². The average molecular weight is 219 g/mol. The van der Waals surface area contributed by atoms with Crippen molar-refractivity contribution in [3.05, 3.63) is 29.7 Å². The first-order chi connectivity index (χ1) is 7.69. The standard InChI is InChI=1S/C12H17N3O/c1-8-6-13-9(2)12(14-8)15-11-4-3-10(5-11)7-16/h3-4,6,10-11,16H,5,7H2,1-2H3,(H,14,15)/t10-,11+/m0/s1. The lowest BCUT2D eigenvalue weighted by atomic mass is 10.1. The lowest BCUT2D eigenvalue weighted by Gasteiger charge is -2.14. The van der Waals surface area contributed by atoms with Crippen LogP contribution in [0, 0.1) is 19.8 Å². The third-order valence-corrected chi connectivity index (χ3v) is 2.80. The van der Waals surface area contributed by atoms with Crippen LogP contribution in [-0.2, 0) is 0 Å². The molecule has 0 saturated heterocycles. The van der Waals surface area contributed by atoms with Crippen LogP contribution in [-0.4, -0.2) is 27.7 Å². The zero-order valence-electron chi connectivity index (χ0n) is 9.64. The average Bonchev–Trinajstić information content (AvgIpc) is 2.71. The lowest BCUT2D eigenvalue weighted by Crippen LogP contribution is -2.18. The molecule has 1 aromatic heterocycles. The molecule has 0 radical (unpaired) electrons. The van der Waals surface area contributed by atoms with E-state index in [1.54, 1.807) is 6.20 Å². The Morgan fingerprint density at radius 3 is 2.94 bits per heavy atom. The summed E-state index contributed by atoms with van der Waals surface area (Å²) in [5.74, 6) is 1.11. The monoisotopic (exact) mass is 219 g/mol. The fourth-order valence-corrected chi connectivity index (χ4v) is 1.87. The van der Waals surface area contributed by atoms with Gasteiger partial charge in [0, 0.05) is 24.8 Å². The van der Waals surface area contributed by atoms with Crippen molar-refractivity contribution in [2.75, 3.05) is 11.9 Å². The molecule has 2 rings (SSSR count). The summed E-state index contributed by atoms with van der Waals surface area (Å²) >= 11 is 0. The van der Waals surface area contributed by atoms with Crippen molar-refractivity contribution in [2.45, 2.75) is 26.3 Å². The van der Waals surface area contributed by atoms with Gasteiger partial charge in [0.2, 0.25) is 0 Å². The molecule has 4 heteroatoms. The zero-order valence-corrected chi connectivity index (χ0v) is 9.64. The van der Waals surface area contributed by atoms with Crippen molar-refractivity contribution in [3.63, 3.8) is 0 Å². The number of nitrogens with one attached hydrogen (secondary N) is 1. The number of aromatic nitrogens is 2. The molecule has 0 fully saturated rings. The van der Waals surface area contributed by atoms with Crippen LogP contribution in [0.15, 0.2) is 18.3 Å². The predicted molar refractivity (Wildman–Crippen MR) is 63.2 cm³/mol.